The van der Waals surface area contributed by atoms with E-state index in [4.69, 9.17) is 10.2 Å². The molecule has 0 aliphatic heterocycles. The van der Waals surface area contributed by atoms with Gasteiger partial charge in [0, 0.05) is 26.4 Å². The van der Waals surface area contributed by atoms with Gasteiger partial charge in [0.1, 0.15) is 11.5 Å². The number of carbonyl (C=O) groups excluding carboxylic acids is 1. The smallest absolute Gasteiger partial charge is 0.222 e. The molecular formula is C13H22N2O2. The van der Waals surface area contributed by atoms with E-state index in [9.17, 15) is 4.79 Å². The highest BCUT2D eigenvalue weighted by Gasteiger charge is 2.12. The van der Waals surface area contributed by atoms with E-state index in [2.05, 4.69) is 0 Å². The molecule has 0 radical (unpaired) electrons. The third kappa shape index (κ3) is 4.61. The first-order valence-corrected chi connectivity index (χ1v) is 6.02. The number of nitrogens with two attached hydrogens (primary N) is 1. The maximum Gasteiger partial charge on any atom is 0.222 e. The van der Waals surface area contributed by atoms with E-state index in [-0.39, 0.29) is 5.91 Å². The molecule has 4 nitrogen and oxygen atoms in total. The van der Waals surface area contributed by atoms with Crippen LogP contribution in [0.4, 0.5) is 0 Å². The summed E-state index contributed by atoms with van der Waals surface area (Å²) in [5.41, 5.74) is 5.54. The van der Waals surface area contributed by atoms with Crippen molar-refractivity contribution in [3.05, 3.63) is 23.7 Å². The van der Waals surface area contributed by atoms with Crippen molar-refractivity contribution in [2.24, 2.45) is 11.7 Å². The Kier molecular flexibility index (Phi) is 5.22. The van der Waals surface area contributed by atoms with Gasteiger partial charge in [0.2, 0.25) is 5.91 Å². The lowest BCUT2D eigenvalue weighted by Crippen LogP contribution is -2.33. The van der Waals surface area contributed by atoms with Crippen molar-refractivity contribution >= 4 is 5.91 Å². The molecule has 1 heterocycles. The van der Waals surface area contributed by atoms with Crippen LogP contribution in [0.3, 0.4) is 0 Å². The largest absolute Gasteiger partial charge is 0.466 e. The van der Waals surface area contributed by atoms with E-state index in [1.54, 1.807) is 4.90 Å². The Morgan fingerprint density at radius 2 is 2.24 bits per heavy atom. The van der Waals surface area contributed by atoms with E-state index in [1.165, 1.54) is 0 Å². The molecule has 1 unspecified atom stereocenters. The highest BCUT2D eigenvalue weighted by molar-refractivity contribution is 5.76. The molecule has 1 aromatic rings. The Labute approximate surface area is 103 Å². The predicted molar refractivity (Wildman–Crippen MR) is 67.6 cm³/mol. The van der Waals surface area contributed by atoms with Crippen LogP contribution in [-0.4, -0.2) is 30.9 Å². The Hall–Kier alpha value is -1.29. The van der Waals surface area contributed by atoms with Gasteiger partial charge < -0.3 is 15.1 Å². The van der Waals surface area contributed by atoms with Gasteiger partial charge in [-0.05, 0) is 31.5 Å². The molecule has 0 aromatic carbocycles. The number of rotatable bonds is 6. The van der Waals surface area contributed by atoms with Crippen molar-refractivity contribution in [3.63, 3.8) is 0 Å². The fraction of sp³-hybridized carbons (Fsp3) is 0.615. The first-order valence-electron chi connectivity index (χ1n) is 6.02. The Morgan fingerprint density at radius 1 is 1.53 bits per heavy atom. The first kappa shape index (κ1) is 13.8. The lowest BCUT2D eigenvalue weighted by Gasteiger charge is -2.20. The van der Waals surface area contributed by atoms with E-state index >= 15 is 0 Å². The molecule has 0 bridgehead atoms. The minimum atomic E-state index is 0.138. The summed E-state index contributed by atoms with van der Waals surface area (Å²) in [4.78, 5) is 13.6. The third-order valence-electron chi connectivity index (χ3n) is 2.79. The highest BCUT2D eigenvalue weighted by atomic mass is 16.3. The van der Waals surface area contributed by atoms with Gasteiger partial charge in [-0.1, -0.05) is 6.92 Å². The first-order chi connectivity index (χ1) is 8.02. The molecule has 0 spiro atoms. The predicted octanol–water partition coefficient (Wildman–Crippen LogP) is 1.57. The molecule has 0 fully saturated rings. The lowest BCUT2D eigenvalue weighted by molar-refractivity contribution is -0.130. The lowest BCUT2D eigenvalue weighted by atomic mass is 10.1. The Balaban J connectivity index is 2.34. The van der Waals surface area contributed by atoms with Gasteiger partial charge in [0.15, 0.2) is 0 Å². The normalized spacial score (nSPS) is 12.5. The molecule has 1 amide bonds. The van der Waals surface area contributed by atoms with Gasteiger partial charge >= 0.3 is 0 Å². The fourth-order valence-corrected chi connectivity index (χ4v) is 1.68. The van der Waals surface area contributed by atoms with E-state index in [0.717, 1.165) is 11.5 Å². The maximum atomic E-state index is 11.8. The van der Waals surface area contributed by atoms with Crippen molar-refractivity contribution in [3.8, 4) is 0 Å². The molecule has 4 heteroatoms. The van der Waals surface area contributed by atoms with Crippen LogP contribution in [0.15, 0.2) is 16.5 Å². The average molecular weight is 238 g/mol. The van der Waals surface area contributed by atoms with Crippen molar-refractivity contribution in [2.45, 2.75) is 26.7 Å². The molecule has 0 saturated carbocycles. The average Bonchev–Trinajstić information content (AvgIpc) is 2.71. The summed E-state index contributed by atoms with van der Waals surface area (Å²) in [6, 6.07) is 3.84. The van der Waals surface area contributed by atoms with Crippen molar-refractivity contribution in [1.82, 2.24) is 4.90 Å². The number of hydrogen-bond acceptors (Lipinski definition) is 3. The van der Waals surface area contributed by atoms with Crippen LogP contribution in [0.25, 0.3) is 0 Å². The Bertz CT molecular complexity index is 360. The number of nitrogens with zero attached hydrogens (tertiary/aromatic N) is 1. The number of amides is 1. The zero-order valence-corrected chi connectivity index (χ0v) is 10.9. The van der Waals surface area contributed by atoms with E-state index in [0.29, 0.717) is 31.8 Å². The molecule has 96 valence electrons. The van der Waals surface area contributed by atoms with Crippen LogP contribution in [0, 0.1) is 12.8 Å². The van der Waals surface area contributed by atoms with Crippen molar-refractivity contribution in [1.29, 1.82) is 0 Å². The van der Waals surface area contributed by atoms with Crippen molar-refractivity contribution < 1.29 is 9.21 Å². The molecule has 1 rings (SSSR count). The monoisotopic (exact) mass is 238 g/mol. The maximum absolute atomic E-state index is 11.8. The molecule has 0 saturated heterocycles. The number of furan rings is 1. The van der Waals surface area contributed by atoms with Crippen LogP contribution in [-0.2, 0) is 11.2 Å². The fourth-order valence-electron chi connectivity index (χ4n) is 1.68. The summed E-state index contributed by atoms with van der Waals surface area (Å²) >= 11 is 0. The summed E-state index contributed by atoms with van der Waals surface area (Å²) in [6.45, 7) is 5.27. The van der Waals surface area contributed by atoms with E-state index in [1.807, 2.05) is 33.0 Å². The molecule has 17 heavy (non-hydrogen) atoms. The SMILES string of the molecule is Cc1ccc(CCC(=O)N(C)CC(C)CN)o1. The molecule has 1 aromatic heterocycles. The summed E-state index contributed by atoms with van der Waals surface area (Å²) in [7, 11) is 1.82. The van der Waals surface area contributed by atoms with Crippen LogP contribution in [0.2, 0.25) is 0 Å². The third-order valence-corrected chi connectivity index (χ3v) is 2.79. The number of aryl methyl sites for hydroxylation is 2. The van der Waals surface area contributed by atoms with Crippen LogP contribution in [0.1, 0.15) is 24.9 Å². The van der Waals surface area contributed by atoms with Gasteiger partial charge in [-0.25, -0.2) is 0 Å². The molecule has 0 aliphatic carbocycles. The standard InChI is InChI=1S/C13H22N2O2/c1-10(8-14)9-15(3)13(16)7-6-12-5-4-11(2)17-12/h4-5,10H,6-9,14H2,1-3H3. The van der Waals surface area contributed by atoms with Crippen molar-refractivity contribution in [2.75, 3.05) is 20.1 Å². The quantitative estimate of drug-likeness (QED) is 0.818. The van der Waals surface area contributed by atoms with Gasteiger partial charge in [-0.2, -0.15) is 0 Å². The van der Waals surface area contributed by atoms with Gasteiger partial charge in [0.25, 0.3) is 0 Å². The highest BCUT2D eigenvalue weighted by Crippen LogP contribution is 2.09. The molecule has 0 aliphatic rings. The van der Waals surface area contributed by atoms with Gasteiger partial charge in [-0.3, -0.25) is 4.79 Å². The van der Waals surface area contributed by atoms with Crippen LogP contribution < -0.4 is 5.73 Å². The summed E-state index contributed by atoms with van der Waals surface area (Å²) in [5, 5.41) is 0. The zero-order valence-electron chi connectivity index (χ0n) is 10.9. The van der Waals surface area contributed by atoms with Gasteiger partial charge in [0.05, 0.1) is 0 Å². The molecular weight excluding hydrogens is 216 g/mol. The topological polar surface area (TPSA) is 59.5 Å². The summed E-state index contributed by atoms with van der Waals surface area (Å²) < 4.78 is 5.43. The second-order valence-corrected chi connectivity index (χ2v) is 4.63. The second-order valence-electron chi connectivity index (χ2n) is 4.63. The second kappa shape index (κ2) is 6.45. The minimum Gasteiger partial charge on any atom is -0.466 e. The van der Waals surface area contributed by atoms with Crippen LogP contribution in [0.5, 0.6) is 0 Å². The van der Waals surface area contributed by atoms with Crippen LogP contribution >= 0.6 is 0 Å². The Morgan fingerprint density at radius 3 is 2.76 bits per heavy atom. The number of hydrogen-bond donors (Lipinski definition) is 1. The van der Waals surface area contributed by atoms with Gasteiger partial charge in [-0.15, -0.1) is 0 Å². The zero-order chi connectivity index (χ0) is 12.8. The summed E-state index contributed by atoms with van der Waals surface area (Å²) in [5.74, 6) is 2.24. The van der Waals surface area contributed by atoms with E-state index < -0.39 is 0 Å². The number of carbonyl (C=O) groups is 1. The minimum absolute atomic E-state index is 0.138. The molecule has 2 N–H and O–H groups in total. The summed E-state index contributed by atoms with van der Waals surface area (Å²) in [6.07, 6.45) is 1.15. The molecule has 1 atom stereocenters.